The molecular weight excluding hydrogens is 286 g/mol. The number of rotatable bonds is 3. The Labute approximate surface area is 117 Å². The van der Waals surface area contributed by atoms with Crippen LogP contribution in [0.15, 0.2) is 18.2 Å². The Hall–Kier alpha value is -1.86. The molecule has 0 aliphatic carbocycles. The summed E-state index contributed by atoms with van der Waals surface area (Å²) in [6.45, 7) is -0.113. The molecular formula is C12H8NO4S2-. The number of carboxylic acids is 1. The molecule has 19 heavy (non-hydrogen) atoms. The summed E-state index contributed by atoms with van der Waals surface area (Å²) in [6.07, 6.45) is 0. The second-order valence-corrected chi connectivity index (χ2v) is 5.67. The maximum atomic E-state index is 10.4. The zero-order valence-electron chi connectivity index (χ0n) is 9.60. The number of benzene rings is 1. The van der Waals surface area contributed by atoms with Crippen LogP contribution in [0.5, 0.6) is 11.5 Å². The normalized spacial score (nSPS) is 12.2. The van der Waals surface area contributed by atoms with Crippen molar-refractivity contribution in [2.45, 2.75) is 6.61 Å². The first-order valence-electron chi connectivity index (χ1n) is 5.46. The number of H-pyrrole nitrogens is 1. The predicted molar refractivity (Wildman–Crippen MR) is 69.8 cm³/mol. The molecule has 98 valence electrons. The Morgan fingerprint density at radius 1 is 1.58 bits per heavy atom. The number of aliphatic carboxylic acids is 1. The van der Waals surface area contributed by atoms with E-state index < -0.39 is 12.6 Å². The zero-order chi connectivity index (χ0) is 13.4. The van der Waals surface area contributed by atoms with E-state index in [4.69, 9.17) is 21.7 Å². The minimum Gasteiger partial charge on any atom is -0.546 e. The van der Waals surface area contributed by atoms with E-state index in [1.54, 1.807) is 12.1 Å². The fourth-order valence-electron chi connectivity index (χ4n) is 1.93. The van der Waals surface area contributed by atoms with E-state index in [0.717, 1.165) is 16.1 Å². The molecule has 1 aromatic heterocycles. The number of ether oxygens (including phenoxy) is 2. The first kappa shape index (κ1) is 12.2. The van der Waals surface area contributed by atoms with E-state index in [1.807, 2.05) is 6.07 Å². The van der Waals surface area contributed by atoms with Crippen molar-refractivity contribution in [3.63, 3.8) is 0 Å². The van der Waals surface area contributed by atoms with Crippen molar-refractivity contribution in [2.24, 2.45) is 0 Å². The van der Waals surface area contributed by atoms with Gasteiger partial charge in [0.25, 0.3) is 0 Å². The highest BCUT2D eigenvalue weighted by molar-refractivity contribution is 7.73. The number of hydrogen-bond acceptors (Lipinski definition) is 6. The van der Waals surface area contributed by atoms with Gasteiger partial charge in [-0.3, -0.25) is 0 Å². The zero-order valence-corrected chi connectivity index (χ0v) is 11.2. The molecule has 3 rings (SSSR count). The summed E-state index contributed by atoms with van der Waals surface area (Å²) in [7, 11) is 0. The minimum absolute atomic E-state index is 0.387. The van der Waals surface area contributed by atoms with Crippen molar-refractivity contribution in [2.75, 3.05) is 6.61 Å². The third kappa shape index (κ3) is 2.22. The van der Waals surface area contributed by atoms with Crippen LogP contribution < -0.4 is 14.6 Å². The van der Waals surface area contributed by atoms with E-state index in [9.17, 15) is 9.90 Å². The van der Waals surface area contributed by atoms with Crippen LogP contribution >= 0.6 is 23.6 Å². The van der Waals surface area contributed by atoms with Crippen molar-refractivity contribution >= 4 is 29.5 Å². The second kappa shape index (κ2) is 4.67. The topological polar surface area (TPSA) is 74.4 Å². The SMILES string of the molecule is O=C([O-])COc1cccc2c1OCc1sc(=S)[nH]c1-2. The summed E-state index contributed by atoms with van der Waals surface area (Å²) in [6, 6.07) is 5.31. The Morgan fingerprint density at radius 3 is 3.21 bits per heavy atom. The molecule has 5 nitrogen and oxygen atoms in total. The predicted octanol–water partition coefficient (Wildman–Crippen LogP) is 1.49. The largest absolute Gasteiger partial charge is 0.546 e. The molecule has 0 unspecified atom stereocenters. The Bertz CT molecular complexity index is 704. The van der Waals surface area contributed by atoms with Crippen molar-refractivity contribution in [1.29, 1.82) is 0 Å². The van der Waals surface area contributed by atoms with Gasteiger partial charge < -0.3 is 24.4 Å². The summed E-state index contributed by atoms with van der Waals surface area (Å²) in [4.78, 5) is 14.6. The number of para-hydroxylation sites is 1. The van der Waals surface area contributed by atoms with Gasteiger partial charge >= 0.3 is 0 Å². The Balaban J connectivity index is 2.05. The van der Waals surface area contributed by atoms with Gasteiger partial charge in [-0.2, -0.15) is 0 Å². The van der Waals surface area contributed by atoms with E-state index in [2.05, 4.69) is 4.98 Å². The highest BCUT2D eigenvalue weighted by Gasteiger charge is 2.22. The lowest BCUT2D eigenvalue weighted by molar-refractivity contribution is -0.307. The molecule has 0 bridgehead atoms. The van der Waals surface area contributed by atoms with E-state index in [-0.39, 0.29) is 0 Å². The van der Waals surface area contributed by atoms with E-state index in [0.29, 0.717) is 22.1 Å². The van der Waals surface area contributed by atoms with Gasteiger partial charge in [-0.25, -0.2) is 0 Å². The highest BCUT2D eigenvalue weighted by atomic mass is 32.1. The van der Waals surface area contributed by atoms with Gasteiger partial charge in [-0.1, -0.05) is 6.07 Å². The summed E-state index contributed by atoms with van der Waals surface area (Å²) < 4.78 is 11.5. The number of fused-ring (bicyclic) bond motifs is 3. The van der Waals surface area contributed by atoms with Crippen molar-refractivity contribution in [1.82, 2.24) is 4.98 Å². The summed E-state index contributed by atoms with van der Waals surface area (Å²) in [5.41, 5.74) is 1.74. The van der Waals surface area contributed by atoms with Crippen LogP contribution in [0, 0.1) is 3.95 Å². The van der Waals surface area contributed by atoms with Crippen LogP contribution in [-0.2, 0) is 11.4 Å². The maximum absolute atomic E-state index is 10.4. The standard InChI is InChI=1S/C12H9NO4S2/c14-9(15)5-16-7-3-1-2-6-10-8(4-17-11(6)7)19-12(18)13-10/h1-3H,4-5H2,(H,13,18)(H,14,15)/p-1. The van der Waals surface area contributed by atoms with Gasteiger partial charge in [-0.15, -0.1) is 11.3 Å². The maximum Gasteiger partial charge on any atom is 0.171 e. The average Bonchev–Trinajstić information content (AvgIpc) is 2.76. The monoisotopic (exact) mass is 294 g/mol. The number of nitrogens with one attached hydrogen (secondary N) is 1. The van der Waals surface area contributed by atoms with Crippen molar-refractivity contribution in [3.05, 3.63) is 27.0 Å². The van der Waals surface area contributed by atoms with Gasteiger partial charge in [0.1, 0.15) is 13.2 Å². The first-order valence-corrected chi connectivity index (χ1v) is 6.68. The van der Waals surface area contributed by atoms with E-state index in [1.165, 1.54) is 11.3 Å². The molecule has 1 N–H and O–H groups in total. The molecule has 1 aliphatic heterocycles. The summed E-state index contributed by atoms with van der Waals surface area (Å²) in [5, 5.41) is 10.4. The number of aromatic nitrogens is 1. The Morgan fingerprint density at radius 2 is 2.42 bits per heavy atom. The lowest BCUT2D eigenvalue weighted by Gasteiger charge is -2.20. The quantitative estimate of drug-likeness (QED) is 0.868. The third-order valence-electron chi connectivity index (χ3n) is 2.66. The number of carbonyl (C=O) groups excluding carboxylic acids is 1. The molecule has 1 aromatic carbocycles. The highest BCUT2D eigenvalue weighted by Crippen LogP contribution is 2.43. The van der Waals surface area contributed by atoms with Crippen LogP contribution in [0.4, 0.5) is 0 Å². The molecule has 0 saturated carbocycles. The number of carbonyl (C=O) groups is 1. The lowest BCUT2D eigenvalue weighted by Crippen LogP contribution is -2.29. The third-order valence-corrected chi connectivity index (χ3v) is 3.87. The summed E-state index contributed by atoms with van der Waals surface area (Å²) >= 11 is 6.59. The average molecular weight is 294 g/mol. The van der Waals surface area contributed by atoms with Gasteiger partial charge in [0, 0.05) is 5.56 Å². The van der Waals surface area contributed by atoms with Crippen LogP contribution in [0.1, 0.15) is 4.88 Å². The van der Waals surface area contributed by atoms with Crippen molar-refractivity contribution < 1.29 is 19.4 Å². The van der Waals surface area contributed by atoms with Crippen LogP contribution in [0.2, 0.25) is 0 Å². The lowest BCUT2D eigenvalue weighted by atomic mass is 10.1. The molecule has 0 amide bonds. The van der Waals surface area contributed by atoms with Crippen LogP contribution in [0.25, 0.3) is 11.3 Å². The van der Waals surface area contributed by atoms with E-state index >= 15 is 0 Å². The van der Waals surface area contributed by atoms with Gasteiger partial charge in [0.05, 0.1) is 16.5 Å². The number of thiazole rings is 1. The van der Waals surface area contributed by atoms with Crippen LogP contribution in [-0.4, -0.2) is 17.6 Å². The molecule has 0 atom stereocenters. The molecule has 0 saturated heterocycles. The Kier molecular flexibility index (Phi) is 3.00. The molecule has 0 spiro atoms. The fraction of sp³-hybridized carbons (Fsp3) is 0.167. The number of hydrogen-bond donors (Lipinski definition) is 1. The molecule has 2 heterocycles. The molecule has 2 aromatic rings. The molecule has 0 fully saturated rings. The van der Waals surface area contributed by atoms with Gasteiger partial charge in [0.2, 0.25) is 0 Å². The smallest absolute Gasteiger partial charge is 0.171 e. The molecule has 7 heteroatoms. The van der Waals surface area contributed by atoms with Gasteiger partial charge in [-0.05, 0) is 24.4 Å². The summed E-state index contributed by atoms with van der Waals surface area (Å²) in [5.74, 6) is -0.359. The van der Waals surface area contributed by atoms with Crippen LogP contribution in [0.3, 0.4) is 0 Å². The van der Waals surface area contributed by atoms with Gasteiger partial charge in [0.15, 0.2) is 15.5 Å². The molecule has 0 radical (unpaired) electrons. The van der Waals surface area contributed by atoms with Crippen molar-refractivity contribution in [3.8, 4) is 22.8 Å². The minimum atomic E-state index is -1.27. The second-order valence-electron chi connectivity index (χ2n) is 3.89. The number of aromatic amines is 1. The fourth-order valence-corrected chi connectivity index (χ4v) is 3.09. The number of carboxylic acid groups (broad SMARTS) is 1. The first-order chi connectivity index (χ1) is 9.15. The molecule has 1 aliphatic rings.